The Morgan fingerprint density at radius 2 is 1.79 bits per heavy atom. The van der Waals surface area contributed by atoms with Gasteiger partial charge in [0.05, 0.1) is 4.92 Å². The number of nitrogens with zero attached hydrogens (tertiary/aromatic N) is 1. The second-order valence-corrected chi connectivity index (χ2v) is 7.07. The van der Waals surface area contributed by atoms with E-state index in [1.165, 1.54) is 23.3 Å². The van der Waals surface area contributed by atoms with Gasteiger partial charge < -0.3 is 10.1 Å². The van der Waals surface area contributed by atoms with Gasteiger partial charge in [-0.25, -0.2) is 0 Å². The minimum absolute atomic E-state index is 0.0635. The molecular weight excluding hydrogens is 376 g/mol. The molecule has 1 N–H and O–H groups in total. The van der Waals surface area contributed by atoms with Crippen molar-refractivity contribution in [2.45, 2.75) is 27.0 Å². The number of benzene rings is 3. The van der Waals surface area contributed by atoms with Gasteiger partial charge in [-0.3, -0.25) is 10.1 Å². The highest BCUT2D eigenvalue weighted by molar-refractivity contribution is 6.30. The fourth-order valence-electron chi connectivity index (χ4n) is 2.90. The van der Waals surface area contributed by atoms with Crippen molar-refractivity contribution in [3.05, 3.63) is 98.1 Å². The Morgan fingerprint density at radius 1 is 1.04 bits per heavy atom. The van der Waals surface area contributed by atoms with E-state index < -0.39 is 4.92 Å². The van der Waals surface area contributed by atoms with Crippen molar-refractivity contribution in [2.75, 3.05) is 5.32 Å². The first kappa shape index (κ1) is 19.7. The van der Waals surface area contributed by atoms with E-state index in [0.29, 0.717) is 18.2 Å². The fraction of sp³-hybridized carbons (Fsp3) is 0.182. The molecule has 0 aliphatic carbocycles. The number of halogens is 1. The van der Waals surface area contributed by atoms with Crippen LogP contribution in [-0.4, -0.2) is 4.92 Å². The zero-order valence-electron chi connectivity index (χ0n) is 15.7. The van der Waals surface area contributed by atoms with Crippen LogP contribution in [0.4, 0.5) is 11.4 Å². The van der Waals surface area contributed by atoms with Crippen LogP contribution in [0.5, 0.6) is 5.75 Å². The summed E-state index contributed by atoms with van der Waals surface area (Å²) in [6, 6.07) is 18.1. The van der Waals surface area contributed by atoms with Crippen LogP contribution in [-0.2, 0) is 13.2 Å². The van der Waals surface area contributed by atoms with Crippen LogP contribution in [0, 0.1) is 24.0 Å². The lowest BCUT2D eigenvalue weighted by molar-refractivity contribution is -0.384. The van der Waals surface area contributed by atoms with Gasteiger partial charge in [-0.05, 0) is 61.4 Å². The lowest BCUT2D eigenvalue weighted by Crippen LogP contribution is -2.05. The maximum atomic E-state index is 10.8. The summed E-state index contributed by atoms with van der Waals surface area (Å²) in [6.45, 7) is 5.02. The number of anilines is 1. The number of hydrogen-bond donors (Lipinski definition) is 1. The molecule has 0 atom stereocenters. The van der Waals surface area contributed by atoms with Gasteiger partial charge in [0.25, 0.3) is 5.69 Å². The van der Waals surface area contributed by atoms with Gasteiger partial charge in [0.1, 0.15) is 12.4 Å². The topological polar surface area (TPSA) is 64.4 Å². The van der Waals surface area contributed by atoms with E-state index >= 15 is 0 Å². The number of nitrogens with one attached hydrogen (secondary N) is 1. The quantitative estimate of drug-likeness (QED) is 0.389. The first-order valence-electron chi connectivity index (χ1n) is 8.88. The molecule has 0 heterocycles. The van der Waals surface area contributed by atoms with Crippen molar-refractivity contribution in [3.63, 3.8) is 0 Å². The van der Waals surface area contributed by atoms with Gasteiger partial charge in [0, 0.05) is 35.0 Å². The Bertz CT molecular complexity index is 988. The van der Waals surface area contributed by atoms with Gasteiger partial charge in [-0.15, -0.1) is 0 Å². The Labute approximate surface area is 169 Å². The summed E-state index contributed by atoms with van der Waals surface area (Å²) in [5.41, 5.74) is 5.32. The molecule has 0 aliphatic rings. The largest absolute Gasteiger partial charge is 0.489 e. The highest BCUT2D eigenvalue weighted by Gasteiger charge is 2.08. The molecule has 0 amide bonds. The molecule has 0 aromatic heterocycles. The van der Waals surface area contributed by atoms with Gasteiger partial charge >= 0.3 is 0 Å². The normalized spacial score (nSPS) is 10.5. The molecule has 3 aromatic carbocycles. The summed E-state index contributed by atoms with van der Waals surface area (Å²) in [4.78, 5) is 10.3. The zero-order valence-corrected chi connectivity index (χ0v) is 16.5. The van der Waals surface area contributed by atoms with Crippen LogP contribution >= 0.6 is 11.6 Å². The van der Waals surface area contributed by atoms with E-state index in [1.54, 1.807) is 18.2 Å². The van der Waals surface area contributed by atoms with E-state index in [1.807, 2.05) is 12.1 Å². The highest BCUT2D eigenvalue weighted by Crippen LogP contribution is 2.26. The van der Waals surface area contributed by atoms with Crippen LogP contribution in [0.25, 0.3) is 0 Å². The lowest BCUT2D eigenvalue weighted by atomic mass is 10.1. The molecule has 6 heteroatoms. The Kier molecular flexibility index (Phi) is 6.16. The molecule has 0 saturated heterocycles. The first-order valence-corrected chi connectivity index (χ1v) is 9.26. The maximum absolute atomic E-state index is 10.8. The molecule has 0 spiro atoms. The molecule has 3 rings (SSSR count). The van der Waals surface area contributed by atoms with E-state index in [2.05, 4.69) is 37.4 Å². The Hall–Kier alpha value is -3.05. The predicted octanol–water partition coefficient (Wildman–Crippen LogP) is 6.06. The molecule has 0 radical (unpaired) electrons. The molecule has 0 bridgehead atoms. The molecule has 0 saturated carbocycles. The monoisotopic (exact) mass is 396 g/mol. The van der Waals surface area contributed by atoms with Crippen LogP contribution in [0.1, 0.15) is 22.3 Å². The van der Waals surface area contributed by atoms with Crippen molar-refractivity contribution < 1.29 is 9.66 Å². The van der Waals surface area contributed by atoms with Crippen molar-refractivity contribution in [3.8, 4) is 5.75 Å². The number of aryl methyl sites for hydroxylation is 2. The minimum atomic E-state index is -0.416. The number of nitro benzene ring substituents is 1. The van der Waals surface area contributed by atoms with E-state index in [0.717, 1.165) is 22.6 Å². The number of non-ortho nitro benzene ring substituents is 1. The summed E-state index contributed by atoms with van der Waals surface area (Å²) in [5, 5.41) is 14.8. The van der Waals surface area contributed by atoms with Gasteiger partial charge in [-0.1, -0.05) is 29.3 Å². The molecule has 3 aromatic rings. The first-order chi connectivity index (χ1) is 13.4. The molecule has 0 unspecified atom stereocenters. The Balaban J connectivity index is 1.70. The minimum Gasteiger partial charge on any atom is -0.489 e. The molecule has 0 fully saturated rings. The molecule has 144 valence electrons. The number of hydrogen-bond acceptors (Lipinski definition) is 4. The summed E-state index contributed by atoms with van der Waals surface area (Å²) in [7, 11) is 0. The summed E-state index contributed by atoms with van der Waals surface area (Å²) in [6.07, 6.45) is 0. The Morgan fingerprint density at radius 3 is 2.46 bits per heavy atom. The number of ether oxygens (including phenoxy) is 1. The second-order valence-electron chi connectivity index (χ2n) is 6.64. The van der Waals surface area contributed by atoms with Crippen molar-refractivity contribution in [2.24, 2.45) is 0 Å². The third-order valence-electron chi connectivity index (χ3n) is 4.42. The van der Waals surface area contributed by atoms with Crippen LogP contribution < -0.4 is 10.1 Å². The van der Waals surface area contributed by atoms with Crippen molar-refractivity contribution in [1.82, 2.24) is 0 Å². The summed E-state index contributed by atoms with van der Waals surface area (Å²) < 4.78 is 5.95. The summed E-state index contributed by atoms with van der Waals surface area (Å²) in [5.74, 6) is 0.722. The molecule has 0 aliphatic heterocycles. The average Bonchev–Trinajstić information content (AvgIpc) is 2.67. The number of nitro groups is 1. The summed E-state index contributed by atoms with van der Waals surface area (Å²) >= 11 is 6.17. The van der Waals surface area contributed by atoms with Gasteiger partial charge in [0.2, 0.25) is 0 Å². The van der Waals surface area contributed by atoms with Crippen molar-refractivity contribution in [1.29, 1.82) is 0 Å². The van der Waals surface area contributed by atoms with Crippen LogP contribution in [0.2, 0.25) is 5.02 Å². The standard InChI is InChI=1S/C22H21ClN2O3/c1-15-3-9-21(16(2)11-15)24-13-18-12-19(23)6-10-22(18)28-14-17-4-7-20(8-5-17)25(26)27/h3-12,24H,13-14H2,1-2H3. The van der Waals surface area contributed by atoms with Gasteiger partial charge in [0.15, 0.2) is 0 Å². The maximum Gasteiger partial charge on any atom is 0.269 e. The molecule has 28 heavy (non-hydrogen) atoms. The molecule has 5 nitrogen and oxygen atoms in total. The second kappa shape index (κ2) is 8.76. The molecular formula is C22H21ClN2O3. The van der Waals surface area contributed by atoms with Crippen molar-refractivity contribution >= 4 is 23.0 Å². The number of rotatable bonds is 7. The third-order valence-corrected chi connectivity index (χ3v) is 4.65. The van der Waals surface area contributed by atoms with Crippen LogP contribution in [0.15, 0.2) is 60.7 Å². The van der Waals surface area contributed by atoms with E-state index in [4.69, 9.17) is 16.3 Å². The average molecular weight is 397 g/mol. The van der Waals surface area contributed by atoms with E-state index in [9.17, 15) is 10.1 Å². The fourth-order valence-corrected chi connectivity index (χ4v) is 3.10. The van der Waals surface area contributed by atoms with Crippen LogP contribution in [0.3, 0.4) is 0 Å². The smallest absolute Gasteiger partial charge is 0.269 e. The lowest BCUT2D eigenvalue weighted by Gasteiger charge is -2.15. The zero-order chi connectivity index (χ0) is 20.1. The van der Waals surface area contributed by atoms with Gasteiger partial charge in [-0.2, -0.15) is 0 Å². The predicted molar refractivity (Wildman–Crippen MR) is 112 cm³/mol. The third kappa shape index (κ3) is 5.02. The van der Waals surface area contributed by atoms with E-state index in [-0.39, 0.29) is 5.69 Å². The SMILES string of the molecule is Cc1ccc(NCc2cc(Cl)ccc2OCc2ccc([N+](=O)[O-])cc2)c(C)c1. The highest BCUT2D eigenvalue weighted by atomic mass is 35.5.